The smallest absolute Gasteiger partial charge is 0.257 e. The van der Waals surface area contributed by atoms with Crippen LogP contribution in [0.4, 0.5) is 5.69 Å². The van der Waals surface area contributed by atoms with Crippen LogP contribution in [0.3, 0.4) is 0 Å². The number of hydrogen-bond donors (Lipinski definition) is 3. The normalized spacial score (nSPS) is 11.0. The molecular weight excluding hydrogens is 386 g/mol. The summed E-state index contributed by atoms with van der Waals surface area (Å²) in [5.41, 5.74) is 5.00. The summed E-state index contributed by atoms with van der Waals surface area (Å²) in [7, 11) is -1.09. The van der Waals surface area contributed by atoms with Crippen molar-refractivity contribution in [3.63, 3.8) is 0 Å². The maximum atomic E-state index is 12.3. The molecule has 2 rings (SSSR count). The molecule has 0 aliphatic rings. The van der Waals surface area contributed by atoms with Gasteiger partial charge >= 0.3 is 0 Å². The van der Waals surface area contributed by atoms with Crippen LogP contribution in [0, 0.1) is 0 Å². The molecule has 0 atom stereocenters. The highest BCUT2D eigenvalue weighted by atomic mass is 32.2. The first-order valence-corrected chi connectivity index (χ1v) is 9.59. The molecule has 0 radical (unpaired) electrons. The molecule has 150 valence electrons. The molecule has 1 heterocycles. The number of carbonyl (C=O) groups is 2. The van der Waals surface area contributed by atoms with Crippen LogP contribution >= 0.6 is 0 Å². The van der Waals surface area contributed by atoms with E-state index in [4.69, 9.17) is 4.74 Å². The zero-order valence-corrected chi connectivity index (χ0v) is 16.2. The Hall–Kier alpha value is -3.18. The summed E-state index contributed by atoms with van der Waals surface area (Å²) in [5.74, 6) is -0.640. The lowest BCUT2D eigenvalue weighted by Gasteiger charge is -2.17. The van der Waals surface area contributed by atoms with Crippen LogP contribution in [0.1, 0.15) is 0 Å². The largest absolute Gasteiger partial charge is 0.495 e. The Morgan fingerprint density at radius 2 is 1.82 bits per heavy atom. The van der Waals surface area contributed by atoms with E-state index in [0.717, 1.165) is 4.31 Å². The lowest BCUT2D eigenvalue weighted by atomic mass is 10.3. The molecule has 28 heavy (non-hydrogen) atoms. The molecule has 2 amide bonds. The lowest BCUT2D eigenvalue weighted by molar-refractivity contribution is -0.128. The molecule has 11 heteroatoms. The van der Waals surface area contributed by atoms with Gasteiger partial charge in [-0.3, -0.25) is 25.4 Å². The van der Waals surface area contributed by atoms with Crippen molar-refractivity contribution >= 4 is 27.5 Å². The summed E-state index contributed by atoms with van der Waals surface area (Å²) in [5, 5.41) is 2.87. The highest BCUT2D eigenvalue weighted by molar-refractivity contribution is 7.89. The maximum Gasteiger partial charge on any atom is 0.257 e. The molecule has 0 spiro atoms. The van der Waals surface area contributed by atoms with Crippen LogP contribution in [0.15, 0.2) is 53.7 Å². The number of amides is 2. The molecule has 0 fully saturated rings. The Morgan fingerprint density at radius 3 is 2.50 bits per heavy atom. The van der Waals surface area contributed by atoms with Gasteiger partial charge in [0.2, 0.25) is 10.0 Å². The summed E-state index contributed by atoms with van der Waals surface area (Å²) in [6, 6.07) is 9.91. The molecule has 0 aliphatic heterocycles. The lowest BCUT2D eigenvalue weighted by Crippen LogP contribution is -2.48. The van der Waals surface area contributed by atoms with Gasteiger partial charge in [-0.1, -0.05) is 12.1 Å². The third-order valence-corrected chi connectivity index (χ3v) is 5.38. The van der Waals surface area contributed by atoms with Crippen molar-refractivity contribution in [1.82, 2.24) is 20.1 Å². The van der Waals surface area contributed by atoms with Gasteiger partial charge in [-0.15, -0.1) is 0 Å². The van der Waals surface area contributed by atoms with Gasteiger partial charge < -0.3 is 10.1 Å². The number of anilines is 1. The van der Waals surface area contributed by atoms with Gasteiger partial charge in [0.1, 0.15) is 10.6 Å². The number of carbonyl (C=O) groups excluding carboxylic acids is 2. The van der Waals surface area contributed by atoms with Gasteiger partial charge in [0, 0.05) is 19.4 Å². The average Bonchev–Trinajstić information content (AvgIpc) is 2.71. The SMILES string of the molecule is COc1ccccc1NCC(=O)NNC(=O)CN(C)S(=O)(=O)c1cccnc1. The van der Waals surface area contributed by atoms with Crippen molar-refractivity contribution < 1.29 is 22.7 Å². The number of ether oxygens (including phenoxy) is 1. The third-order valence-electron chi connectivity index (χ3n) is 3.60. The van der Waals surface area contributed by atoms with Crippen molar-refractivity contribution in [3.8, 4) is 5.75 Å². The average molecular weight is 407 g/mol. The van der Waals surface area contributed by atoms with Crippen molar-refractivity contribution in [2.24, 2.45) is 0 Å². The van der Waals surface area contributed by atoms with Gasteiger partial charge in [0.25, 0.3) is 11.8 Å². The number of benzene rings is 1. The third kappa shape index (κ3) is 5.66. The molecule has 0 saturated carbocycles. The van der Waals surface area contributed by atoms with Gasteiger partial charge in [0.05, 0.1) is 25.9 Å². The zero-order chi connectivity index (χ0) is 20.6. The zero-order valence-electron chi connectivity index (χ0n) is 15.4. The maximum absolute atomic E-state index is 12.3. The quantitative estimate of drug-likeness (QED) is 0.524. The minimum atomic E-state index is -3.86. The minimum absolute atomic E-state index is 0.0321. The van der Waals surface area contributed by atoms with Crippen LogP contribution in [-0.2, 0) is 19.6 Å². The second-order valence-corrected chi connectivity index (χ2v) is 7.64. The fourth-order valence-corrected chi connectivity index (χ4v) is 3.25. The molecule has 0 aliphatic carbocycles. The second kappa shape index (κ2) is 9.67. The number of nitrogens with one attached hydrogen (secondary N) is 3. The number of likely N-dealkylation sites (N-methyl/N-ethyl adjacent to an activating group) is 1. The molecule has 3 N–H and O–H groups in total. The molecule has 2 aromatic rings. The standard InChI is InChI=1S/C17H21N5O5S/c1-22(28(25,26)13-6-5-9-18-10-13)12-17(24)21-20-16(23)11-19-14-7-3-4-8-15(14)27-2/h3-10,19H,11-12H2,1-2H3,(H,20,23)(H,21,24). The van der Waals surface area contributed by atoms with Crippen LogP contribution in [0.25, 0.3) is 0 Å². The number of nitrogens with zero attached hydrogens (tertiary/aromatic N) is 2. The van der Waals surface area contributed by atoms with E-state index in [-0.39, 0.29) is 11.4 Å². The van der Waals surface area contributed by atoms with Gasteiger partial charge in [-0.25, -0.2) is 8.42 Å². The molecule has 1 aromatic carbocycles. The monoisotopic (exact) mass is 407 g/mol. The van der Waals surface area contributed by atoms with E-state index in [0.29, 0.717) is 11.4 Å². The van der Waals surface area contributed by atoms with E-state index < -0.39 is 28.4 Å². The molecule has 0 bridgehead atoms. The van der Waals surface area contributed by atoms with E-state index in [1.807, 2.05) is 0 Å². The fourth-order valence-electron chi connectivity index (χ4n) is 2.16. The molecule has 0 unspecified atom stereocenters. The van der Waals surface area contributed by atoms with E-state index in [2.05, 4.69) is 21.2 Å². The first-order chi connectivity index (χ1) is 13.3. The molecule has 1 aromatic heterocycles. The van der Waals surface area contributed by atoms with Crippen LogP contribution in [0.5, 0.6) is 5.75 Å². The highest BCUT2D eigenvalue weighted by Gasteiger charge is 2.23. The number of sulfonamides is 1. The van der Waals surface area contributed by atoms with Crippen molar-refractivity contribution in [1.29, 1.82) is 0 Å². The summed E-state index contributed by atoms with van der Waals surface area (Å²) in [4.78, 5) is 27.5. The summed E-state index contributed by atoms with van der Waals surface area (Å²) in [6.07, 6.45) is 2.63. The number of methoxy groups -OCH3 is 1. The topological polar surface area (TPSA) is 130 Å². The van der Waals surface area contributed by atoms with E-state index in [1.54, 1.807) is 24.3 Å². The first-order valence-electron chi connectivity index (χ1n) is 8.15. The number of rotatable bonds is 8. The Labute approximate surface area is 162 Å². The van der Waals surface area contributed by atoms with E-state index >= 15 is 0 Å². The van der Waals surface area contributed by atoms with Crippen LogP contribution in [0.2, 0.25) is 0 Å². The van der Waals surface area contributed by atoms with Crippen molar-refractivity contribution in [3.05, 3.63) is 48.8 Å². The second-order valence-electron chi connectivity index (χ2n) is 5.60. The van der Waals surface area contributed by atoms with E-state index in [1.165, 1.54) is 38.7 Å². The van der Waals surface area contributed by atoms with Crippen molar-refractivity contribution in [2.75, 3.05) is 32.6 Å². The molecular formula is C17H21N5O5S. The van der Waals surface area contributed by atoms with Gasteiger partial charge in [-0.2, -0.15) is 4.31 Å². The van der Waals surface area contributed by atoms with Crippen molar-refractivity contribution in [2.45, 2.75) is 4.90 Å². The highest BCUT2D eigenvalue weighted by Crippen LogP contribution is 2.22. The Balaban J connectivity index is 1.81. The van der Waals surface area contributed by atoms with E-state index in [9.17, 15) is 18.0 Å². The minimum Gasteiger partial charge on any atom is -0.495 e. The predicted octanol–water partition coefficient (Wildman–Crippen LogP) is -0.0298. The summed E-state index contributed by atoms with van der Waals surface area (Å²) in [6.45, 7) is -0.595. The summed E-state index contributed by atoms with van der Waals surface area (Å²) >= 11 is 0. The first kappa shape index (κ1) is 21.1. The number of para-hydroxylation sites is 2. The number of hydrazine groups is 1. The Kier molecular flexibility index (Phi) is 7.29. The van der Waals surface area contributed by atoms with Crippen LogP contribution < -0.4 is 20.9 Å². The Bertz CT molecular complexity index is 921. The molecule has 10 nitrogen and oxygen atoms in total. The van der Waals surface area contributed by atoms with Gasteiger partial charge in [-0.05, 0) is 24.3 Å². The fraction of sp³-hybridized carbons (Fsp3) is 0.235. The number of aromatic nitrogens is 1. The predicted molar refractivity (Wildman–Crippen MR) is 102 cm³/mol. The number of hydrogen-bond acceptors (Lipinski definition) is 7. The Morgan fingerprint density at radius 1 is 1.11 bits per heavy atom. The van der Waals surface area contributed by atoms with Gasteiger partial charge in [0.15, 0.2) is 0 Å². The summed E-state index contributed by atoms with van der Waals surface area (Å²) < 4.78 is 30.7. The molecule has 0 saturated heterocycles. The van der Waals surface area contributed by atoms with Crippen LogP contribution in [-0.4, -0.2) is 56.8 Å². The number of pyridine rings is 1.